The summed E-state index contributed by atoms with van der Waals surface area (Å²) in [4.78, 5) is 22.7. The molecule has 0 bridgehead atoms. The molecule has 0 aliphatic carbocycles. The Bertz CT molecular complexity index is 749. The lowest BCUT2D eigenvalue weighted by Gasteiger charge is -2.39. The van der Waals surface area contributed by atoms with Gasteiger partial charge in [0.1, 0.15) is 5.82 Å². The molecule has 1 unspecified atom stereocenters. The van der Waals surface area contributed by atoms with Gasteiger partial charge >= 0.3 is 6.03 Å². The summed E-state index contributed by atoms with van der Waals surface area (Å²) in [6, 6.07) is 10.1. The van der Waals surface area contributed by atoms with E-state index in [0.29, 0.717) is 0 Å². The van der Waals surface area contributed by atoms with Gasteiger partial charge in [0.05, 0.1) is 11.6 Å². The quantitative estimate of drug-likeness (QED) is 0.835. The highest BCUT2D eigenvalue weighted by Crippen LogP contribution is 2.25. The molecule has 1 aliphatic heterocycles. The minimum absolute atomic E-state index is 0.0444. The fourth-order valence-electron chi connectivity index (χ4n) is 3.21. The molecule has 1 fully saturated rings. The number of rotatable bonds is 2. The average Bonchev–Trinajstić information content (AvgIpc) is 2.60. The molecule has 5 nitrogen and oxygen atoms in total. The Kier molecular flexibility index (Phi) is 4.81. The van der Waals surface area contributed by atoms with E-state index in [1.54, 1.807) is 19.0 Å². The molecule has 24 heavy (non-hydrogen) atoms. The maximum absolute atomic E-state index is 12.2. The van der Waals surface area contributed by atoms with Crippen LogP contribution in [0.1, 0.15) is 12.8 Å². The van der Waals surface area contributed by atoms with Crippen LogP contribution in [0.15, 0.2) is 30.3 Å². The molecule has 6 heteroatoms. The molecule has 2 heterocycles. The molecule has 0 saturated carbocycles. The van der Waals surface area contributed by atoms with Crippen molar-refractivity contribution in [2.75, 3.05) is 39.1 Å². The third-order valence-corrected chi connectivity index (χ3v) is 4.82. The maximum Gasteiger partial charge on any atom is 0.319 e. The van der Waals surface area contributed by atoms with Gasteiger partial charge in [-0.2, -0.15) is 0 Å². The molecule has 0 N–H and O–H groups in total. The number of halogens is 1. The summed E-state index contributed by atoms with van der Waals surface area (Å²) in [6.45, 7) is 1.77. The van der Waals surface area contributed by atoms with Crippen LogP contribution in [-0.2, 0) is 0 Å². The van der Waals surface area contributed by atoms with E-state index in [-0.39, 0.29) is 12.1 Å². The Balaban J connectivity index is 1.79. The van der Waals surface area contributed by atoms with Crippen molar-refractivity contribution in [1.82, 2.24) is 14.8 Å². The van der Waals surface area contributed by atoms with E-state index >= 15 is 0 Å². The highest BCUT2D eigenvalue weighted by molar-refractivity contribution is 6.31. The van der Waals surface area contributed by atoms with Gasteiger partial charge in [-0.3, -0.25) is 0 Å². The van der Waals surface area contributed by atoms with Crippen molar-refractivity contribution in [2.24, 2.45) is 0 Å². The number of hydrogen-bond acceptors (Lipinski definition) is 3. The Morgan fingerprint density at radius 1 is 1.25 bits per heavy atom. The lowest BCUT2D eigenvalue weighted by molar-refractivity contribution is 0.157. The van der Waals surface area contributed by atoms with Gasteiger partial charge in [-0.1, -0.05) is 11.6 Å². The van der Waals surface area contributed by atoms with Crippen molar-refractivity contribution >= 4 is 34.4 Å². The van der Waals surface area contributed by atoms with Crippen molar-refractivity contribution in [3.63, 3.8) is 0 Å². The Morgan fingerprint density at radius 2 is 2.04 bits per heavy atom. The highest BCUT2D eigenvalue weighted by atomic mass is 35.5. The minimum atomic E-state index is 0.0444. The first kappa shape index (κ1) is 16.8. The number of pyridine rings is 1. The summed E-state index contributed by atoms with van der Waals surface area (Å²) in [5, 5.41) is 1.76. The third-order valence-electron chi connectivity index (χ3n) is 4.59. The van der Waals surface area contributed by atoms with Crippen molar-refractivity contribution in [1.29, 1.82) is 0 Å². The van der Waals surface area contributed by atoms with Crippen LogP contribution in [0.3, 0.4) is 0 Å². The number of aromatic nitrogens is 1. The van der Waals surface area contributed by atoms with E-state index in [9.17, 15) is 4.79 Å². The second-order valence-electron chi connectivity index (χ2n) is 6.54. The van der Waals surface area contributed by atoms with Gasteiger partial charge in [-0.05, 0) is 43.2 Å². The molecule has 1 saturated heterocycles. The lowest BCUT2D eigenvalue weighted by atomic mass is 10.0. The van der Waals surface area contributed by atoms with Gasteiger partial charge < -0.3 is 14.7 Å². The van der Waals surface area contributed by atoms with E-state index in [4.69, 9.17) is 16.6 Å². The van der Waals surface area contributed by atoms with Crippen LogP contribution in [0.4, 0.5) is 10.6 Å². The largest absolute Gasteiger partial charge is 0.355 e. The van der Waals surface area contributed by atoms with Gasteiger partial charge in [0.15, 0.2) is 0 Å². The summed E-state index contributed by atoms with van der Waals surface area (Å²) >= 11 is 6.04. The van der Waals surface area contributed by atoms with E-state index < -0.39 is 0 Å². The number of hydrogen-bond donors (Lipinski definition) is 0. The summed E-state index contributed by atoms with van der Waals surface area (Å²) in [5.74, 6) is 0.959. The smallest absolute Gasteiger partial charge is 0.319 e. The number of fused-ring (bicyclic) bond motifs is 1. The zero-order valence-corrected chi connectivity index (χ0v) is 15.1. The molecule has 3 rings (SSSR count). The minimum Gasteiger partial charge on any atom is -0.355 e. The molecular weight excluding hydrogens is 324 g/mol. The van der Waals surface area contributed by atoms with Crippen LogP contribution in [0.5, 0.6) is 0 Å². The standard InChI is InChI=1S/C18H23ClN4O/c1-21(2)18(24)22(3)15-5-4-10-23(12-15)17-9-6-13-11-14(19)7-8-16(13)20-17/h6-9,11,15H,4-5,10,12H2,1-3H3. The molecule has 0 radical (unpaired) electrons. The van der Waals surface area contributed by atoms with Crippen molar-refractivity contribution < 1.29 is 4.79 Å². The van der Waals surface area contributed by atoms with Crippen LogP contribution in [-0.4, -0.2) is 61.1 Å². The molecule has 1 aromatic heterocycles. The van der Waals surface area contributed by atoms with Gasteiger partial charge in [-0.15, -0.1) is 0 Å². The van der Waals surface area contributed by atoms with Crippen molar-refractivity contribution in [3.05, 3.63) is 35.4 Å². The summed E-state index contributed by atoms with van der Waals surface area (Å²) in [7, 11) is 5.46. The maximum atomic E-state index is 12.2. The number of nitrogens with zero attached hydrogens (tertiary/aromatic N) is 4. The summed E-state index contributed by atoms with van der Waals surface area (Å²) < 4.78 is 0. The van der Waals surface area contributed by atoms with E-state index in [1.807, 2.05) is 36.2 Å². The van der Waals surface area contributed by atoms with E-state index in [2.05, 4.69) is 11.0 Å². The molecule has 2 amide bonds. The normalized spacial score (nSPS) is 17.8. The summed E-state index contributed by atoms with van der Waals surface area (Å²) in [6.07, 6.45) is 2.08. The third kappa shape index (κ3) is 3.41. The van der Waals surface area contributed by atoms with Crippen LogP contribution in [0.2, 0.25) is 5.02 Å². The predicted molar refractivity (Wildman–Crippen MR) is 98.8 cm³/mol. The molecule has 0 spiro atoms. The van der Waals surface area contributed by atoms with E-state index in [0.717, 1.165) is 47.7 Å². The zero-order chi connectivity index (χ0) is 17.3. The van der Waals surface area contributed by atoms with Crippen molar-refractivity contribution in [2.45, 2.75) is 18.9 Å². The fraction of sp³-hybridized carbons (Fsp3) is 0.444. The number of piperidine rings is 1. The Morgan fingerprint density at radius 3 is 2.79 bits per heavy atom. The monoisotopic (exact) mass is 346 g/mol. The number of urea groups is 1. The molecule has 2 aromatic rings. The van der Waals surface area contributed by atoms with Crippen molar-refractivity contribution in [3.8, 4) is 0 Å². The first-order valence-electron chi connectivity index (χ1n) is 8.21. The lowest BCUT2D eigenvalue weighted by Crippen LogP contribution is -2.51. The highest BCUT2D eigenvalue weighted by Gasteiger charge is 2.27. The molecule has 1 aromatic carbocycles. The second-order valence-corrected chi connectivity index (χ2v) is 6.97. The Labute approximate surface area is 147 Å². The summed E-state index contributed by atoms with van der Waals surface area (Å²) in [5.41, 5.74) is 0.941. The van der Waals surface area contributed by atoms with Crippen LogP contribution in [0.25, 0.3) is 10.9 Å². The van der Waals surface area contributed by atoms with Crippen LogP contribution in [0, 0.1) is 0 Å². The average molecular weight is 347 g/mol. The zero-order valence-electron chi connectivity index (χ0n) is 14.4. The number of carbonyl (C=O) groups excluding carboxylic acids is 1. The van der Waals surface area contributed by atoms with Gasteiger partial charge in [0, 0.05) is 44.6 Å². The molecule has 1 atom stereocenters. The van der Waals surface area contributed by atoms with Crippen LogP contribution >= 0.6 is 11.6 Å². The number of amides is 2. The number of carbonyl (C=O) groups is 1. The number of benzene rings is 1. The topological polar surface area (TPSA) is 39.7 Å². The second kappa shape index (κ2) is 6.85. The number of likely N-dealkylation sites (N-methyl/N-ethyl adjacent to an activating group) is 1. The first-order valence-corrected chi connectivity index (χ1v) is 8.59. The fourth-order valence-corrected chi connectivity index (χ4v) is 3.39. The Hall–Kier alpha value is -2.01. The molecule has 1 aliphatic rings. The molecular formula is C18H23ClN4O. The predicted octanol–water partition coefficient (Wildman–Crippen LogP) is 3.47. The van der Waals surface area contributed by atoms with E-state index in [1.165, 1.54) is 0 Å². The number of anilines is 1. The van der Waals surface area contributed by atoms with Gasteiger partial charge in [-0.25, -0.2) is 9.78 Å². The SMILES string of the molecule is CN(C)C(=O)N(C)C1CCCN(c2ccc3cc(Cl)ccc3n2)C1. The first-order chi connectivity index (χ1) is 11.5. The van der Waals surface area contributed by atoms with Gasteiger partial charge in [0.25, 0.3) is 0 Å². The van der Waals surface area contributed by atoms with Crippen LogP contribution < -0.4 is 4.90 Å². The molecule has 128 valence electrons. The van der Waals surface area contributed by atoms with Gasteiger partial charge in [0.2, 0.25) is 0 Å².